The molecule has 1 aromatic rings. The summed E-state index contributed by atoms with van der Waals surface area (Å²) in [7, 11) is 0. The highest BCUT2D eigenvalue weighted by molar-refractivity contribution is 5.79. The molecule has 2 unspecified atom stereocenters. The summed E-state index contributed by atoms with van der Waals surface area (Å²) >= 11 is 0. The molecule has 0 amide bonds. The van der Waals surface area contributed by atoms with E-state index in [1.807, 2.05) is 0 Å². The van der Waals surface area contributed by atoms with Gasteiger partial charge in [-0.25, -0.2) is 0 Å². The summed E-state index contributed by atoms with van der Waals surface area (Å²) in [5.41, 5.74) is 7.45. The highest BCUT2D eigenvalue weighted by atomic mass is 16.4. The van der Waals surface area contributed by atoms with Crippen molar-refractivity contribution >= 4 is 5.97 Å². The Morgan fingerprint density at radius 2 is 2.05 bits per heavy atom. The van der Waals surface area contributed by atoms with Crippen LogP contribution in [0.15, 0.2) is 24.3 Å². The van der Waals surface area contributed by atoms with Crippen LogP contribution >= 0.6 is 0 Å². The van der Waals surface area contributed by atoms with Gasteiger partial charge in [-0.1, -0.05) is 38.1 Å². The number of benzene rings is 1. The number of likely N-dealkylation sites (tertiary alicyclic amines) is 1. The number of nitrogens with two attached hydrogens (primary N) is 1. The molecule has 0 aromatic heterocycles. The van der Waals surface area contributed by atoms with Crippen molar-refractivity contribution in [1.82, 2.24) is 4.90 Å². The predicted octanol–water partition coefficient (Wildman–Crippen LogP) is 2.19. The normalized spacial score (nSPS) is 24.8. The van der Waals surface area contributed by atoms with Crippen LogP contribution in [0.25, 0.3) is 0 Å². The lowest BCUT2D eigenvalue weighted by Crippen LogP contribution is -2.50. The average molecular weight is 276 g/mol. The fourth-order valence-corrected chi connectivity index (χ4v) is 2.98. The first kappa shape index (κ1) is 15.0. The zero-order valence-electron chi connectivity index (χ0n) is 12.3. The van der Waals surface area contributed by atoms with Gasteiger partial charge in [0.25, 0.3) is 0 Å². The van der Waals surface area contributed by atoms with Crippen molar-refractivity contribution in [3.63, 3.8) is 0 Å². The molecule has 4 heteroatoms. The van der Waals surface area contributed by atoms with Gasteiger partial charge in [-0.15, -0.1) is 0 Å². The Hall–Kier alpha value is -1.39. The summed E-state index contributed by atoms with van der Waals surface area (Å²) < 4.78 is 0. The van der Waals surface area contributed by atoms with E-state index in [9.17, 15) is 9.90 Å². The van der Waals surface area contributed by atoms with Gasteiger partial charge in [0.05, 0.1) is 0 Å². The maximum Gasteiger partial charge on any atom is 0.325 e. The number of nitrogens with zero attached hydrogens (tertiary/aromatic N) is 1. The minimum absolute atomic E-state index is 0.255. The average Bonchev–Trinajstić information content (AvgIpc) is 2.84. The van der Waals surface area contributed by atoms with Crippen molar-refractivity contribution in [2.75, 3.05) is 13.1 Å². The fraction of sp³-hybridized carbons (Fsp3) is 0.562. The van der Waals surface area contributed by atoms with Crippen molar-refractivity contribution < 1.29 is 9.90 Å². The van der Waals surface area contributed by atoms with Crippen molar-refractivity contribution in [2.24, 2.45) is 5.73 Å². The zero-order chi connectivity index (χ0) is 14.8. The molecule has 2 atom stereocenters. The Bertz CT molecular complexity index is 472. The van der Waals surface area contributed by atoms with Gasteiger partial charge in [-0.2, -0.15) is 0 Å². The van der Waals surface area contributed by atoms with Gasteiger partial charge in [0.1, 0.15) is 5.54 Å². The van der Waals surface area contributed by atoms with Gasteiger partial charge in [-0.05, 0) is 30.4 Å². The molecular formula is C16H24N2O2. The molecule has 0 spiro atoms. The van der Waals surface area contributed by atoms with Crippen molar-refractivity contribution in [2.45, 2.75) is 44.7 Å². The van der Waals surface area contributed by atoms with Crippen molar-refractivity contribution in [3.05, 3.63) is 35.4 Å². The number of hydrogen-bond acceptors (Lipinski definition) is 3. The van der Waals surface area contributed by atoms with Gasteiger partial charge in [-0.3, -0.25) is 9.69 Å². The Morgan fingerprint density at radius 3 is 2.50 bits per heavy atom. The highest BCUT2D eigenvalue weighted by Gasteiger charge is 2.43. The summed E-state index contributed by atoms with van der Waals surface area (Å²) in [6.45, 7) is 5.45. The molecule has 1 aliphatic rings. The zero-order valence-corrected chi connectivity index (χ0v) is 12.3. The molecule has 1 fully saturated rings. The topological polar surface area (TPSA) is 66.6 Å². The molecule has 1 saturated heterocycles. The maximum atomic E-state index is 11.2. The van der Waals surface area contributed by atoms with E-state index in [2.05, 4.69) is 43.0 Å². The molecule has 3 N–H and O–H groups in total. The molecule has 20 heavy (non-hydrogen) atoms. The molecule has 0 radical (unpaired) electrons. The minimum atomic E-state index is -1.09. The summed E-state index contributed by atoms with van der Waals surface area (Å²) in [6, 6.07) is 8.88. The van der Waals surface area contributed by atoms with Crippen LogP contribution in [0, 0.1) is 0 Å². The lowest BCUT2D eigenvalue weighted by molar-refractivity contribution is -0.142. The number of aliphatic carboxylic acids is 1. The predicted molar refractivity (Wildman–Crippen MR) is 79.6 cm³/mol. The lowest BCUT2D eigenvalue weighted by Gasteiger charge is -2.28. The number of hydrogen-bond donors (Lipinski definition) is 2. The molecule has 1 aromatic carbocycles. The summed E-state index contributed by atoms with van der Waals surface area (Å²) in [5.74, 6) is -0.892. The second kappa shape index (κ2) is 5.94. The third kappa shape index (κ3) is 2.86. The van der Waals surface area contributed by atoms with Crippen LogP contribution < -0.4 is 5.73 Å². The van der Waals surface area contributed by atoms with E-state index in [1.54, 1.807) is 0 Å². The summed E-state index contributed by atoms with van der Waals surface area (Å²) in [6.07, 6.45) is 2.51. The molecule has 1 heterocycles. The van der Waals surface area contributed by atoms with Gasteiger partial charge in [0, 0.05) is 19.1 Å². The molecular weight excluding hydrogens is 252 g/mol. The second-order valence-electron chi connectivity index (χ2n) is 5.70. The first-order valence-electron chi connectivity index (χ1n) is 7.35. The van der Waals surface area contributed by atoms with Crippen LogP contribution in [-0.2, 0) is 11.2 Å². The van der Waals surface area contributed by atoms with Gasteiger partial charge in [0.15, 0.2) is 0 Å². The van der Waals surface area contributed by atoms with Crippen LogP contribution in [-0.4, -0.2) is 34.6 Å². The van der Waals surface area contributed by atoms with E-state index in [1.165, 1.54) is 11.1 Å². The largest absolute Gasteiger partial charge is 0.480 e. The Balaban J connectivity index is 2.14. The number of aryl methyl sites for hydroxylation is 1. The maximum absolute atomic E-state index is 11.2. The standard InChI is InChI=1S/C16H24N2O2/c1-3-12-5-7-13(8-6-12)14(4-2)18-10-9-16(17,11-18)15(19)20/h5-8,14H,3-4,9-11,17H2,1-2H3,(H,19,20). The van der Waals surface area contributed by atoms with Crippen LogP contribution in [0.1, 0.15) is 43.9 Å². The quantitative estimate of drug-likeness (QED) is 0.865. The number of rotatable bonds is 5. The van der Waals surface area contributed by atoms with Crippen molar-refractivity contribution in [1.29, 1.82) is 0 Å². The Labute approximate surface area is 120 Å². The fourth-order valence-electron chi connectivity index (χ4n) is 2.98. The van der Waals surface area contributed by atoms with Crippen LogP contribution in [0.3, 0.4) is 0 Å². The smallest absolute Gasteiger partial charge is 0.325 e. The monoisotopic (exact) mass is 276 g/mol. The van der Waals surface area contributed by atoms with Gasteiger partial charge in [0.2, 0.25) is 0 Å². The first-order chi connectivity index (χ1) is 9.50. The number of carboxylic acid groups (broad SMARTS) is 1. The van der Waals surface area contributed by atoms with Crippen molar-refractivity contribution in [3.8, 4) is 0 Å². The third-order valence-electron chi connectivity index (χ3n) is 4.36. The van der Waals surface area contributed by atoms with E-state index in [-0.39, 0.29) is 6.04 Å². The van der Waals surface area contributed by atoms with Crippen LogP contribution in [0.2, 0.25) is 0 Å². The highest BCUT2D eigenvalue weighted by Crippen LogP contribution is 2.31. The molecule has 0 bridgehead atoms. The van der Waals surface area contributed by atoms with Gasteiger partial charge < -0.3 is 10.8 Å². The molecule has 4 nitrogen and oxygen atoms in total. The van der Waals surface area contributed by atoms with Crippen LogP contribution in [0.4, 0.5) is 0 Å². The second-order valence-corrected chi connectivity index (χ2v) is 5.70. The SMILES string of the molecule is CCc1ccc(C(CC)N2CCC(N)(C(=O)O)C2)cc1. The van der Waals surface area contributed by atoms with Crippen LogP contribution in [0.5, 0.6) is 0 Å². The van der Waals surface area contributed by atoms with Gasteiger partial charge >= 0.3 is 5.97 Å². The van der Waals surface area contributed by atoms with E-state index in [4.69, 9.17) is 5.73 Å². The summed E-state index contributed by atoms with van der Waals surface area (Å²) in [4.78, 5) is 13.5. The van der Waals surface area contributed by atoms with E-state index >= 15 is 0 Å². The number of carbonyl (C=O) groups is 1. The molecule has 0 saturated carbocycles. The molecule has 2 rings (SSSR count). The third-order valence-corrected chi connectivity index (χ3v) is 4.36. The summed E-state index contributed by atoms with van der Waals surface area (Å²) in [5, 5.41) is 9.23. The molecule has 0 aliphatic carbocycles. The molecule has 1 aliphatic heterocycles. The van der Waals surface area contributed by atoms with E-state index in [0.717, 1.165) is 19.4 Å². The molecule has 110 valence electrons. The van der Waals surface area contributed by atoms with E-state index < -0.39 is 11.5 Å². The van der Waals surface area contributed by atoms with E-state index in [0.29, 0.717) is 13.0 Å². The lowest BCUT2D eigenvalue weighted by atomic mass is 9.99. The number of carboxylic acids is 1. The Kier molecular flexibility index (Phi) is 4.45. The first-order valence-corrected chi connectivity index (χ1v) is 7.35. The Morgan fingerprint density at radius 1 is 1.40 bits per heavy atom. The minimum Gasteiger partial charge on any atom is -0.480 e.